The van der Waals surface area contributed by atoms with Gasteiger partial charge in [-0.25, -0.2) is 4.98 Å². The van der Waals surface area contributed by atoms with Gasteiger partial charge in [-0.2, -0.15) is 4.98 Å². The molecule has 0 amide bonds. The van der Waals surface area contributed by atoms with Crippen LogP contribution in [0.4, 0.5) is 17.5 Å². The van der Waals surface area contributed by atoms with Crippen molar-refractivity contribution in [3.05, 3.63) is 41.6 Å². The third-order valence-electron chi connectivity index (χ3n) is 4.90. The van der Waals surface area contributed by atoms with Crippen LogP contribution < -0.4 is 10.2 Å². The zero-order chi connectivity index (χ0) is 17.3. The molecule has 132 valence electrons. The van der Waals surface area contributed by atoms with Crippen molar-refractivity contribution in [1.82, 2.24) is 9.97 Å². The van der Waals surface area contributed by atoms with Crippen LogP contribution in [0.25, 0.3) is 0 Å². The molecule has 2 saturated heterocycles. The van der Waals surface area contributed by atoms with E-state index in [2.05, 4.69) is 28.2 Å². The molecule has 3 heterocycles. The molecule has 2 aliphatic heterocycles. The van der Waals surface area contributed by atoms with Gasteiger partial charge in [-0.05, 0) is 25.5 Å². The molecule has 2 aromatic rings. The van der Waals surface area contributed by atoms with Gasteiger partial charge in [0.25, 0.3) is 0 Å². The summed E-state index contributed by atoms with van der Waals surface area (Å²) in [6.07, 6.45) is 1.74. The highest BCUT2D eigenvalue weighted by Crippen LogP contribution is 2.33. The number of ether oxygens (including phenoxy) is 2. The summed E-state index contributed by atoms with van der Waals surface area (Å²) < 4.78 is 11.6. The predicted octanol–water partition coefficient (Wildman–Crippen LogP) is 3.18. The maximum atomic E-state index is 5.81. The molecule has 6 nitrogen and oxygen atoms in total. The normalized spacial score (nSPS) is 19.4. The van der Waals surface area contributed by atoms with E-state index in [1.807, 2.05) is 31.2 Å². The first-order valence-electron chi connectivity index (χ1n) is 8.85. The van der Waals surface area contributed by atoms with Crippen LogP contribution in [0, 0.1) is 13.8 Å². The molecule has 1 aromatic carbocycles. The molecule has 0 radical (unpaired) electrons. The Balaban J connectivity index is 1.51. The van der Waals surface area contributed by atoms with Crippen LogP contribution in [-0.2, 0) is 9.47 Å². The van der Waals surface area contributed by atoms with Crippen molar-refractivity contribution in [2.45, 2.75) is 32.5 Å². The van der Waals surface area contributed by atoms with Gasteiger partial charge in [0, 0.05) is 43.4 Å². The van der Waals surface area contributed by atoms with Crippen molar-refractivity contribution < 1.29 is 9.47 Å². The van der Waals surface area contributed by atoms with Crippen LogP contribution in [0.1, 0.15) is 24.1 Å². The topological polar surface area (TPSA) is 59.5 Å². The molecule has 0 bridgehead atoms. The number of rotatable bonds is 3. The molecule has 2 aliphatic rings. The monoisotopic (exact) mass is 340 g/mol. The first-order chi connectivity index (χ1) is 12.1. The highest BCUT2D eigenvalue weighted by molar-refractivity contribution is 5.59. The van der Waals surface area contributed by atoms with E-state index in [0.717, 1.165) is 43.1 Å². The highest BCUT2D eigenvalue weighted by atomic mass is 16.7. The summed E-state index contributed by atoms with van der Waals surface area (Å²) >= 11 is 0. The second-order valence-electron chi connectivity index (χ2n) is 6.73. The van der Waals surface area contributed by atoms with Gasteiger partial charge < -0.3 is 19.7 Å². The van der Waals surface area contributed by atoms with Crippen LogP contribution in [0.2, 0.25) is 0 Å². The smallest absolute Gasteiger partial charge is 0.229 e. The van der Waals surface area contributed by atoms with Gasteiger partial charge in [0.15, 0.2) is 5.79 Å². The SMILES string of the molecule is Cc1cc(N2CCC3(CC2)OCCO3)nc(Nc2ccccc2C)n1. The lowest BCUT2D eigenvalue weighted by Crippen LogP contribution is -2.45. The summed E-state index contributed by atoms with van der Waals surface area (Å²) in [4.78, 5) is 11.6. The molecular weight excluding hydrogens is 316 g/mol. The minimum atomic E-state index is -0.360. The van der Waals surface area contributed by atoms with E-state index in [4.69, 9.17) is 14.5 Å². The van der Waals surface area contributed by atoms with E-state index in [-0.39, 0.29) is 5.79 Å². The number of para-hydroxylation sites is 1. The number of piperidine rings is 1. The summed E-state index contributed by atoms with van der Waals surface area (Å²) in [5, 5.41) is 3.34. The molecule has 0 unspecified atom stereocenters. The summed E-state index contributed by atoms with van der Waals surface area (Å²) in [5.41, 5.74) is 3.16. The molecule has 1 spiro atoms. The van der Waals surface area contributed by atoms with Crippen molar-refractivity contribution >= 4 is 17.5 Å². The lowest BCUT2D eigenvalue weighted by atomic mass is 10.0. The summed E-state index contributed by atoms with van der Waals surface area (Å²) in [6.45, 7) is 7.24. The van der Waals surface area contributed by atoms with Crippen molar-refractivity contribution in [3.63, 3.8) is 0 Å². The highest BCUT2D eigenvalue weighted by Gasteiger charge is 2.40. The van der Waals surface area contributed by atoms with E-state index in [0.29, 0.717) is 19.2 Å². The maximum Gasteiger partial charge on any atom is 0.229 e. The van der Waals surface area contributed by atoms with E-state index >= 15 is 0 Å². The first-order valence-corrected chi connectivity index (χ1v) is 8.85. The van der Waals surface area contributed by atoms with Crippen LogP contribution in [0.5, 0.6) is 0 Å². The Morgan fingerprint density at radius 1 is 1.04 bits per heavy atom. The Morgan fingerprint density at radius 2 is 1.76 bits per heavy atom. The average Bonchev–Trinajstić information content (AvgIpc) is 3.05. The molecular formula is C19H24N4O2. The molecule has 0 aliphatic carbocycles. The van der Waals surface area contributed by atoms with E-state index < -0.39 is 0 Å². The summed E-state index contributed by atoms with van der Waals surface area (Å²) in [5.74, 6) is 1.23. The van der Waals surface area contributed by atoms with Crippen molar-refractivity contribution in [2.24, 2.45) is 0 Å². The quantitative estimate of drug-likeness (QED) is 0.926. The van der Waals surface area contributed by atoms with Gasteiger partial charge >= 0.3 is 0 Å². The van der Waals surface area contributed by atoms with Gasteiger partial charge in [-0.15, -0.1) is 0 Å². The lowest BCUT2D eigenvalue weighted by Gasteiger charge is -2.38. The van der Waals surface area contributed by atoms with Crippen LogP contribution in [-0.4, -0.2) is 42.1 Å². The van der Waals surface area contributed by atoms with Gasteiger partial charge in [0.1, 0.15) is 5.82 Å². The van der Waals surface area contributed by atoms with Crippen LogP contribution in [0.15, 0.2) is 30.3 Å². The zero-order valence-electron chi connectivity index (χ0n) is 14.8. The van der Waals surface area contributed by atoms with E-state index in [1.54, 1.807) is 0 Å². The number of aryl methyl sites for hydroxylation is 2. The van der Waals surface area contributed by atoms with Crippen LogP contribution >= 0.6 is 0 Å². The van der Waals surface area contributed by atoms with Crippen molar-refractivity contribution in [3.8, 4) is 0 Å². The molecule has 0 atom stereocenters. The molecule has 1 N–H and O–H groups in total. The minimum Gasteiger partial charge on any atom is -0.356 e. The fourth-order valence-electron chi connectivity index (χ4n) is 3.47. The average molecular weight is 340 g/mol. The Bertz CT molecular complexity index is 749. The Hall–Kier alpha value is -2.18. The molecule has 1 aromatic heterocycles. The van der Waals surface area contributed by atoms with Gasteiger partial charge in [-0.1, -0.05) is 18.2 Å². The number of nitrogens with zero attached hydrogens (tertiary/aromatic N) is 3. The molecule has 4 rings (SSSR count). The Kier molecular flexibility index (Phi) is 4.31. The van der Waals surface area contributed by atoms with Gasteiger partial charge in [0.2, 0.25) is 5.95 Å². The first kappa shape index (κ1) is 16.3. The van der Waals surface area contributed by atoms with E-state index in [9.17, 15) is 0 Å². The largest absolute Gasteiger partial charge is 0.356 e. The summed E-state index contributed by atoms with van der Waals surface area (Å²) in [7, 11) is 0. The Labute approximate surface area is 148 Å². The molecule has 25 heavy (non-hydrogen) atoms. The van der Waals surface area contributed by atoms with Gasteiger partial charge in [0.05, 0.1) is 13.2 Å². The Morgan fingerprint density at radius 3 is 2.48 bits per heavy atom. The number of anilines is 3. The second kappa shape index (κ2) is 6.61. The molecule has 6 heteroatoms. The predicted molar refractivity (Wildman–Crippen MR) is 97.3 cm³/mol. The number of benzene rings is 1. The maximum absolute atomic E-state index is 5.81. The third kappa shape index (κ3) is 3.45. The minimum absolute atomic E-state index is 0.360. The van der Waals surface area contributed by atoms with E-state index in [1.165, 1.54) is 5.56 Å². The van der Waals surface area contributed by atoms with Crippen LogP contribution in [0.3, 0.4) is 0 Å². The van der Waals surface area contributed by atoms with Crippen molar-refractivity contribution in [2.75, 3.05) is 36.5 Å². The fourth-order valence-corrected chi connectivity index (χ4v) is 3.47. The zero-order valence-corrected chi connectivity index (χ0v) is 14.8. The lowest BCUT2D eigenvalue weighted by molar-refractivity contribution is -0.169. The second-order valence-corrected chi connectivity index (χ2v) is 6.73. The van der Waals surface area contributed by atoms with Gasteiger partial charge in [-0.3, -0.25) is 0 Å². The van der Waals surface area contributed by atoms with Crippen molar-refractivity contribution in [1.29, 1.82) is 0 Å². The number of aromatic nitrogens is 2. The number of hydrogen-bond acceptors (Lipinski definition) is 6. The number of nitrogens with one attached hydrogen (secondary N) is 1. The summed E-state index contributed by atoms with van der Waals surface area (Å²) in [6, 6.07) is 10.2. The standard InChI is InChI=1S/C19H24N4O2/c1-14-5-3-4-6-16(14)21-18-20-15(2)13-17(22-18)23-9-7-19(8-10-23)24-11-12-25-19/h3-6,13H,7-12H2,1-2H3,(H,20,21,22). The third-order valence-corrected chi connectivity index (χ3v) is 4.90. The fraction of sp³-hybridized carbons (Fsp3) is 0.474. The molecule has 0 saturated carbocycles. The number of hydrogen-bond donors (Lipinski definition) is 1. The molecule has 2 fully saturated rings.